The topological polar surface area (TPSA) is 61.4 Å². The first-order valence-corrected chi connectivity index (χ1v) is 5.70. The van der Waals surface area contributed by atoms with E-state index in [0.29, 0.717) is 4.32 Å². The summed E-state index contributed by atoms with van der Waals surface area (Å²) in [5.41, 5.74) is 5.12. The van der Waals surface area contributed by atoms with Gasteiger partial charge in [0.2, 0.25) is 0 Å². The van der Waals surface area contributed by atoms with Gasteiger partial charge in [0.1, 0.15) is 5.75 Å². The van der Waals surface area contributed by atoms with E-state index < -0.39 is 5.91 Å². The molecule has 0 saturated heterocycles. The lowest BCUT2D eigenvalue weighted by atomic mass is 10.2. The Morgan fingerprint density at radius 3 is 2.67 bits per heavy atom. The Kier molecular flexibility index (Phi) is 4.38. The van der Waals surface area contributed by atoms with Crippen LogP contribution < -0.4 is 10.9 Å². The van der Waals surface area contributed by atoms with E-state index in [2.05, 4.69) is 10.9 Å². The zero-order valence-corrected chi connectivity index (χ0v) is 9.61. The van der Waals surface area contributed by atoms with Crippen LogP contribution in [0.5, 0.6) is 5.75 Å². The molecule has 0 aliphatic carbocycles. The van der Waals surface area contributed by atoms with E-state index in [-0.39, 0.29) is 11.3 Å². The number of nitrogens with one attached hydrogen (secondary N) is 2. The second-order valence-electron chi connectivity index (χ2n) is 2.59. The molecule has 3 N–H and O–H groups in total. The molecule has 80 valence electrons. The van der Waals surface area contributed by atoms with Crippen molar-refractivity contribution >= 4 is 34.2 Å². The maximum Gasteiger partial charge on any atom is 0.273 e. The Balaban J connectivity index is 2.62. The minimum Gasteiger partial charge on any atom is -0.507 e. The predicted octanol–water partition coefficient (Wildman–Crippen LogP) is 1.27. The number of thiocarbonyl (C=S) groups is 1. The average Bonchev–Trinajstić information content (AvgIpc) is 2.26. The molecule has 1 amide bonds. The van der Waals surface area contributed by atoms with Crippen LogP contribution in [0.2, 0.25) is 0 Å². The summed E-state index contributed by atoms with van der Waals surface area (Å²) >= 11 is 6.14. The van der Waals surface area contributed by atoms with Gasteiger partial charge in [-0.1, -0.05) is 36.1 Å². The zero-order chi connectivity index (χ0) is 11.3. The quantitative estimate of drug-likeness (QED) is 0.511. The Morgan fingerprint density at radius 1 is 1.40 bits per heavy atom. The molecule has 0 aliphatic heterocycles. The van der Waals surface area contributed by atoms with Crippen molar-refractivity contribution in [3.63, 3.8) is 0 Å². The molecule has 0 heterocycles. The Morgan fingerprint density at radius 2 is 2.07 bits per heavy atom. The van der Waals surface area contributed by atoms with Gasteiger partial charge in [-0.05, 0) is 18.4 Å². The molecular formula is C9H10N2O2S2. The number of carbonyl (C=O) groups excluding carboxylic acids is 1. The van der Waals surface area contributed by atoms with Gasteiger partial charge >= 0.3 is 0 Å². The molecule has 0 saturated carbocycles. The molecule has 1 rings (SSSR count). The number of para-hydroxylation sites is 1. The van der Waals surface area contributed by atoms with Crippen LogP contribution >= 0.6 is 24.0 Å². The number of aromatic hydroxyl groups is 1. The lowest BCUT2D eigenvalue weighted by Crippen LogP contribution is -2.39. The van der Waals surface area contributed by atoms with Crippen LogP contribution in [-0.2, 0) is 0 Å². The van der Waals surface area contributed by atoms with E-state index in [1.807, 2.05) is 0 Å². The summed E-state index contributed by atoms with van der Waals surface area (Å²) in [7, 11) is 0. The highest BCUT2D eigenvalue weighted by molar-refractivity contribution is 8.22. The van der Waals surface area contributed by atoms with Crippen molar-refractivity contribution < 1.29 is 9.90 Å². The molecule has 4 nitrogen and oxygen atoms in total. The van der Waals surface area contributed by atoms with E-state index in [4.69, 9.17) is 12.2 Å². The van der Waals surface area contributed by atoms with Gasteiger partial charge in [0.25, 0.3) is 5.91 Å². The molecule has 0 unspecified atom stereocenters. The first-order valence-electron chi connectivity index (χ1n) is 4.07. The highest BCUT2D eigenvalue weighted by Gasteiger charge is 2.09. The molecule has 0 spiro atoms. The normalized spacial score (nSPS) is 9.40. The molecule has 0 aliphatic rings. The van der Waals surface area contributed by atoms with Crippen LogP contribution in [0.1, 0.15) is 10.4 Å². The predicted molar refractivity (Wildman–Crippen MR) is 64.8 cm³/mol. The van der Waals surface area contributed by atoms with Crippen LogP contribution in [0.3, 0.4) is 0 Å². The number of hydrogen-bond acceptors (Lipinski definition) is 4. The second-order valence-corrected chi connectivity index (χ2v) is 4.07. The highest BCUT2D eigenvalue weighted by atomic mass is 32.2. The van der Waals surface area contributed by atoms with Crippen molar-refractivity contribution in [1.82, 2.24) is 10.9 Å². The third-order valence-corrected chi connectivity index (χ3v) is 2.69. The standard InChI is InChI=1S/C9H10N2O2S2/c1-15-9(14)11-10-8(13)6-4-2-3-5-7(6)12/h2-5,12H,1H3,(H,10,13)(H,11,14). The summed E-state index contributed by atoms with van der Waals surface area (Å²) in [5.74, 6) is -0.489. The number of phenols is 1. The number of thioether (sulfide) groups is 1. The van der Waals surface area contributed by atoms with Gasteiger partial charge < -0.3 is 5.11 Å². The third-order valence-electron chi connectivity index (χ3n) is 1.61. The maximum atomic E-state index is 11.5. The van der Waals surface area contributed by atoms with E-state index in [1.165, 1.54) is 23.9 Å². The minimum atomic E-state index is -0.426. The molecule has 15 heavy (non-hydrogen) atoms. The van der Waals surface area contributed by atoms with Gasteiger partial charge in [-0.2, -0.15) is 0 Å². The van der Waals surface area contributed by atoms with Crippen LogP contribution in [0.4, 0.5) is 0 Å². The SMILES string of the molecule is CSC(=S)NNC(=O)c1ccccc1O. The third kappa shape index (κ3) is 3.41. The number of rotatable bonds is 1. The largest absolute Gasteiger partial charge is 0.507 e. The fraction of sp³-hybridized carbons (Fsp3) is 0.111. The van der Waals surface area contributed by atoms with Gasteiger partial charge in [0.15, 0.2) is 4.32 Å². The van der Waals surface area contributed by atoms with E-state index in [1.54, 1.807) is 18.4 Å². The smallest absolute Gasteiger partial charge is 0.273 e. The fourth-order valence-corrected chi connectivity index (χ4v) is 1.10. The molecule has 0 radical (unpaired) electrons. The zero-order valence-electron chi connectivity index (χ0n) is 7.98. The van der Waals surface area contributed by atoms with Gasteiger partial charge in [-0.15, -0.1) is 0 Å². The van der Waals surface area contributed by atoms with Crippen molar-refractivity contribution in [1.29, 1.82) is 0 Å². The lowest BCUT2D eigenvalue weighted by Gasteiger charge is -2.08. The highest BCUT2D eigenvalue weighted by Crippen LogP contribution is 2.14. The maximum absolute atomic E-state index is 11.5. The van der Waals surface area contributed by atoms with Gasteiger partial charge in [0.05, 0.1) is 5.56 Å². The van der Waals surface area contributed by atoms with Crippen molar-refractivity contribution in [3.05, 3.63) is 29.8 Å². The lowest BCUT2D eigenvalue weighted by molar-refractivity contribution is 0.0942. The average molecular weight is 242 g/mol. The minimum absolute atomic E-state index is 0.0631. The molecule has 1 aromatic rings. The van der Waals surface area contributed by atoms with Gasteiger partial charge in [-0.25, -0.2) is 0 Å². The van der Waals surface area contributed by atoms with Crippen LogP contribution in [0.25, 0.3) is 0 Å². The van der Waals surface area contributed by atoms with Crippen molar-refractivity contribution in [3.8, 4) is 5.75 Å². The van der Waals surface area contributed by atoms with Gasteiger partial charge in [0, 0.05) is 0 Å². The summed E-state index contributed by atoms with van der Waals surface area (Å²) in [6.45, 7) is 0. The summed E-state index contributed by atoms with van der Waals surface area (Å²) < 4.78 is 0.457. The number of benzene rings is 1. The molecule has 0 aromatic heterocycles. The molecular weight excluding hydrogens is 232 g/mol. The molecule has 0 atom stereocenters. The number of phenolic OH excluding ortho intramolecular Hbond substituents is 1. The van der Waals surface area contributed by atoms with Crippen molar-refractivity contribution in [2.75, 3.05) is 6.26 Å². The second kappa shape index (κ2) is 5.57. The van der Waals surface area contributed by atoms with Crippen molar-refractivity contribution in [2.24, 2.45) is 0 Å². The molecule has 0 bridgehead atoms. The molecule has 0 fully saturated rings. The van der Waals surface area contributed by atoms with Crippen LogP contribution in [-0.4, -0.2) is 21.6 Å². The summed E-state index contributed by atoms with van der Waals surface area (Å²) in [6, 6.07) is 6.28. The van der Waals surface area contributed by atoms with Crippen molar-refractivity contribution in [2.45, 2.75) is 0 Å². The number of hydrazine groups is 1. The summed E-state index contributed by atoms with van der Waals surface area (Å²) in [4.78, 5) is 11.5. The van der Waals surface area contributed by atoms with E-state index in [0.717, 1.165) is 0 Å². The number of amides is 1. The van der Waals surface area contributed by atoms with E-state index >= 15 is 0 Å². The number of carbonyl (C=O) groups is 1. The summed E-state index contributed by atoms with van der Waals surface area (Å²) in [5, 5.41) is 9.38. The Labute approximate surface area is 97.0 Å². The first-order chi connectivity index (χ1) is 7.15. The van der Waals surface area contributed by atoms with E-state index in [9.17, 15) is 9.90 Å². The first kappa shape index (κ1) is 11.8. The van der Waals surface area contributed by atoms with Crippen LogP contribution in [0, 0.1) is 0 Å². The monoisotopic (exact) mass is 242 g/mol. The van der Waals surface area contributed by atoms with Gasteiger partial charge in [-0.3, -0.25) is 15.6 Å². The number of hydrogen-bond donors (Lipinski definition) is 3. The van der Waals surface area contributed by atoms with Crippen LogP contribution in [0.15, 0.2) is 24.3 Å². The molecule has 6 heteroatoms. The molecule has 1 aromatic carbocycles. The fourth-order valence-electron chi connectivity index (χ4n) is 0.892. The Hall–Kier alpha value is -1.27. The Bertz CT molecular complexity index is 382. The summed E-state index contributed by atoms with van der Waals surface area (Å²) in [6.07, 6.45) is 1.79.